The maximum Gasteiger partial charge on any atom is 0.324 e. The molecule has 51 valence electrons. The first-order chi connectivity index (χ1) is 4.43. The zero-order valence-electron chi connectivity index (χ0n) is 5.09. The molecule has 0 unspecified atom stereocenters. The summed E-state index contributed by atoms with van der Waals surface area (Å²) in [6.45, 7) is 1.89. The van der Waals surface area contributed by atoms with Gasteiger partial charge in [0, 0.05) is 24.6 Å². The maximum atomic E-state index is 9.79. The van der Waals surface area contributed by atoms with Crippen molar-refractivity contribution in [3.05, 3.63) is 0 Å². The van der Waals surface area contributed by atoms with Gasteiger partial charge in [0.05, 0.1) is 0 Å². The van der Waals surface area contributed by atoms with E-state index < -0.39 is 0 Å². The smallest absolute Gasteiger partial charge is 0.280 e. The molecule has 9 heavy (non-hydrogen) atoms. The number of nitrogens with zero attached hydrogens (tertiary/aromatic N) is 1. The van der Waals surface area contributed by atoms with Gasteiger partial charge < -0.3 is 0 Å². The quantitative estimate of drug-likeness (QED) is 0.537. The van der Waals surface area contributed by atoms with Gasteiger partial charge in [-0.15, -0.1) is 0 Å². The Hall–Kier alpha value is -0.220. The number of hydrogen-bond donors (Lipinski definition) is 1. The number of amides is 1. The maximum absolute atomic E-state index is 9.79. The van der Waals surface area contributed by atoms with E-state index in [0.29, 0.717) is 0 Å². The normalized spacial score (nSPS) is 21.3. The van der Waals surface area contributed by atoms with Crippen LogP contribution in [-0.2, 0) is 4.79 Å². The predicted octanol–water partition coefficient (Wildman–Crippen LogP) is -0.393. The topological polar surface area (TPSA) is 32.3 Å². The number of carbonyl (C=O) groups excluding carboxylic acids is 1. The molecule has 1 aliphatic heterocycles. The molecule has 1 radical (unpaired) electrons. The number of hydrazine groups is 1. The predicted molar refractivity (Wildman–Crippen MR) is 37.7 cm³/mol. The van der Waals surface area contributed by atoms with Crippen LogP contribution >= 0.6 is 11.8 Å². The van der Waals surface area contributed by atoms with Crippen LogP contribution in [0.15, 0.2) is 0 Å². The molecule has 4 heteroatoms. The van der Waals surface area contributed by atoms with Gasteiger partial charge >= 0.3 is 6.41 Å². The SMILES string of the molecule is O=[C]NN1CCSCC1. The Kier molecular flexibility index (Phi) is 2.86. The fraction of sp³-hybridized carbons (Fsp3) is 0.800. The highest BCUT2D eigenvalue weighted by Crippen LogP contribution is 2.05. The molecule has 0 aliphatic carbocycles. The molecule has 0 saturated carbocycles. The van der Waals surface area contributed by atoms with E-state index >= 15 is 0 Å². The first-order valence-corrected chi connectivity index (χ1v) is 4.04. The minimum absolute atomic E-state index is 0.944. The standard InChI is InChI=1S/C5H9N2OS/c8-5-6-7-1-3-9-4-2-7/h1-4H2,(H,6,8). The molecule has 0 atom stereocenters. The number of rotatable bonds is 2. The summed E-state index contributed by atoms with van der Waals surface area (Å²) in [5, 5.41) is 1.88. The second kappa shape index (κ2) is 3.74. The van der Waals surface area contributed by atoms with Crippen LogP contribution in [0, 0.1) is 0 Å². The van der Waals surface area contributed by atoms with Gasteiger partial charge in [-0.25, -0.2) is 5.01 Å². The molecule has 0 spiro atoms. The molecule has 1 fully saturated rings. The molecule has 1 rings (SSSR count). The second-order valence-electron chi connectivity index (χ2n) is 1.81. The van der Waals surface area contributed by atoms with Gasteiger partial charge in [-0.2, -0.15) is 11.8 Å². The van der Waals surface area contributed by atoms with Gasteiger partial charge in [0.1, 0.15) is 0 Å². The van der Waals surface area contributed by atoms with Crippen molar-refractivity contribution in [1.29, 1.82) is 0 Å². The summed E-state index contributed by atoms with van der Waals surface area (Å²) in [6, 6.07) is 0. The molecule has 0 aromatic carbocycles. The third kappa shape index (κ3) is 2.24. The Morgan fingerprint density at radius 1 is 1.44 bits per heavy atom. The van der Waals surface area contributed by atoms with Crippen molar-refractivity contribution in [2.24, 2.45) is 0 Å². The summed E-state index contributed by atoms with van der Waals surface area (Å²) in [6.07, 6.45) is 1.65. The lowest BCUT2D eigenvalue weighted by molar-refractivity contribution is 0.255. The van der Waals surface area contributed by atoms with Crippen molar-refractivity contribution in [2.45, 2.75) is 0 Å². The summed E-state index contributed by atoms with van der Waals surface area (Å²) in [5.41, 5.74) is 2.50. The van der Waals surface area contributed by atoms with Crippen LogP contribution < -0.4 is 5.43 Å². The van der Waals surface area contributed by atoms with Crippen LogP contribution in [-0.4, -0.2) is 36.0 Å². The average molecular weight is 145 g/mol. The van der Waals surface area contributed by atoms with Crippen molar-refractivity contribution in [3.63, 3.8) is 0 Å². The minimum Gasteiger partial charge on any atom is -0.280 e. The van der Waals surface area contributed by atoms with E-state index in [2.05, 4.69) is 5.43 Å². The van der Waals surface area contributed by atoms with E-state index in [1.807, 2.05) is 16.8 Å². The average Bonchev–Trinajstić information content (AvgIpc) is 1.91. The van der Waals surface area contributed by atoms with Gasteiger partial charge in [0.15, 0.2) is 0 Å². The molecule has 1 aliphatic rings. The minimum atomic E-state index is 0.944. The molecular weight excluding hydrogens is 136 g/mol. The monoisotopic (exact) mass is 145 g/mol. The molecule has 1 amide bonds. The van der Waals surface area contributed by atoms with Crippen LogP contribution in [0.2, 0.25) is 0 Å². The number of nitrogens with one attached hydrogen (secondary N) is 1. The fourth-order valence-corrected chi connectivity index (χ4v) is 1.64. The Morgan fingerprint density at radius 2 is 2.11 bits per heavy atom. The summed E-state index contributed by atoms with van der Waals surface area (Å²) in [5.74, 6) is 2.21. The Balaban J connectivity index is 2.15. The van der Waals surface area contributed by atoms with Crippen molar-refractivity contribution in [3.8, 4) is 0 Å². The zero-order chi connectivity index (χ0) is 6.53. The zero-order valence-corrected chi connectivity index (χ0v) is 5.91. The number of hydrogen-bond acceptors (Lipinski definition) is 3. The van der Waals surface area contributed by atoms with E-state index in [1.54, 1.807) is 6.41 Å². The Morgan fingerprint density at radius 3 is 2.67 bits per heavy atom. The van der Waals surface area contributed by atoms with E-state index in [0.717, 1.165) is 24.6 Å². The molecule has 0 aromatic rings. The van der Waals surface area contributed by atoms with Gasteiger partial charge in [0.2, 0.25) is 0 Å². The molecule has 0 aromatic heterocycles. The molecule has 3 nitrogen and oxygen atoms in total. The third-order valence-electron chi connectivity index (χ3n) is 1.21. The van der Waals surface area contributed by atoms with Crippen LogP contribution in [0.3, 0.4) is 0 Å². The third-order valence-corrected chi connectivity index (χ3v) is 2.16. The van der Waals surface area contributed by atoms with Crippen molar-refractivity contribution < 1.29 is 4.79 Å². The highest BCUT2D eigenvalue weighted by molar-refractivity contribution is 7.99. The molecule has 1 N–H and O–H groups in total. The second-order valence-corrected chi connectivity index (χ2v) is 3.04. The highest BCUT2D eigenvalue weighted by atomic mass is 32.2. The van der Waals surface area contributed by atoms with E-state index in [9.17, 15) is 4.79 Å². The van der Waals surface area contributed by atoms with Crippen LogP contribution in [0.4, 0.5) is 0 Å². The summed E-state index contributed by atoms with van der Waals surface area (Å²) < 4.78 is 0. The van der Waals surface area contributed by atoms with Crippen LogP contribution in [0.1, 0.15) is 0 Å². The number of thioether (sulfide) groups is 1. The van der Waals surface area contributed by atoms with Crippen LogP contribution in [0.5, 0.6) is 0 Å². The fourth-order valence-electron chi connectivity index (χ4n) is 0.740. The summed E-state index contributed by atoms with van der Waals surface area (Å²) >= 11 is 1.91. The first kappa shape index (κ1) is 6.89. The van der Waals surface area contributed by atoms with E-state index in [-0.39, 0.29) is 0 Å². The first-order valence-electron chi connectivity index (χ1n) is 2.89. The molecule has 1 heterocycles. The summed E-state index contributed by atoms with van der Waals surface area (Å²) in [4.78, 5) is 9.79. The van der Waals surface area contributed by atoms with Crippen molar-refractivity contribution >= 4 is 18.2 Å². The van der Waals surface area contributed by atoms with Gasteiger partial charge in [-0.1, -0.05) is 0 Å². The van der Waals surface area contributed by atoms with E-state index in [4.69, 9.17) is 0 Å². The van der Waals surface area contributed by atoms with Gasteiger partial charge in [0.25, 0.3) is 0 Å². The van der Waals surface area contributed by atoms with Gasteiger partial charge in [-0.05, 0) is 0 Å². The van der Waals surface area contributed by atoms with Crippen molar-refractivity contribution in [1.82, 2.24) is 10.4 Å². The van der Waals surface area contributed by atoms with Gasteiger partial charge in [-0.3, -0.25) is 10.2 Å². The summed E-state index contributed by atoms with van der Waals surface area (Å²) in [7, 11) is 0. The lowest BCUT2D eigenvalue weighted by Crippen LogP contribution is -2.42. The Labute approximate surface area is 58.8 Å². The van der Waals surface area contributed by atoms with Crippen LogP contribution in [0.25, 0.3) is 0 Å². The van der Waals surface area contributed by atoms with E-state index in [1.165, 1.54) is 0 Å². The molecule has 0 bridgehead atoms. The molecule has 1 saturated heterocycles. The molecular formula is C5H9N2OS. The highest BCUT2D eigenvalue weighted by Gasteiger charge is 2.07. The lowest BCUT2D eigenvalue weighted by Gasteiger charge is -2.23. The Bertz CT molecular complexity index is 93.0. The largest absolute Gasteiger partial charge is 0.324 e. The lowest BCUT2D eigenvalue weighted by atomic mass is 10.6. The van der Waals surface area contributed by atoms with Crippen molar-refractivity contribution in [2.75, 3.05) is 24.6 Å².